The summed E-state index contributed by atoms with van der Waals surface area (Å²) in [6.07, 6.45) is 2.84. The van der Waals surface area contributed by atoms with Crippen LogP contribution in [-0.2, 0) is 6.42 Å². The van der Waals surface area contributed by atoms with Crippen LogP contribution in [0.25, 0.3) is 21.8 Å². The Morgan fingerprint density at radius 1 is 0.944 bits per heavy atom. The minimum Gasteiger partial charge on any atom is -0.254 e. The SMILES string of the molecule is CC(C)Cc1ccc2ccc3cccnc3c2n1. The van der Waals surface area contributed by atoms with Crippen molar-refractivity contribution in [2.24, 2.45) is 5.92 Å². The third-order valence-electron chi connectivity index (χ3n) is 3.11. The molecule has 0 spiro atoms. The van der Waals surface area contributed by atoms with E-state index in [1.807, 2.05) is 12.3 Å². The molecule has 2 nitrogen and oxygen atoms in total. The number of hydrogen-bond donors (Lipinski definition) is 0. The molecule has 0 aliphatic carbocycles. The van der Waals surface area contributed by atoms with Crippen molar-refractivity contribution in [3.8, 4) is 0 Å². The fourth-order valence-corrected chi connectivity index (χ4v) is 2.30. The van der Waals surface area contributed by atoms with E-state index in [-0.39, 0.29) is 0 Å². The van der Waals surface area contributed by atoms with E-state index in [2.05, 4.69) is 49.2 Å². The monoisotopic (exact) mass is 236 g/mol. The molecule has 2 heteroatoms. The summed E-state index contributed by atoms with van der Waals surface area (Å²) >= 11 is 0. The van der Waals surface area contributed by atoms with Crippen LogP contribution in [0.2, 0.25) is 0 Å². The van der Waals surface area contributed by atoms with Crippen molar-refractivity contribution in [3.05, 3.63) is 48.3 Å². The van der Waals surface area contributed by atoms with E-state index < -0.39 is 0 Å². The number of fused-ring (bicyclic) bond motifs is 3. The first-order valence-corrected chi connectivity index (χ1v) is 6.37. The molecule has 0 amide bonds. The van der Waals surface area contributed by atoms with Crippen LogP contribution in [0, 0.1) is 5.92 Å². The van der Waals surface area contributed by atoms with E-state index in [1.165, 1.54) is 0 Å². The standard InChI is InChI=1S/C16H16N2/c1-11(2)10-14-8-7-13-6-5-12-4-3-9-17-15(12)16(13)18-14/h3-9,11H,10H2,1-2H3. The highest BCUT2D eigenvalue weighted by molar-refractivity contribution is 6.02. The van der Waals surface area contributed by atoms with Gasteiger partial charge in [-0.15, -0.1) is 0 Å². The second-order valence-corrected chi connectivity index (χ2v) is 5.11. The Morgan fingerprint density at radius 3 is 2.44 bits per heavy atom. The van der Waals surface area contributed by atoms with Gasteiger partial charge in [0.1, 0.15) is 0 Å². The summed E-state index contributed by atoms with van der Waals surface area (Å²) in [6, 6.07) is 12.5. The number of hydrogen-bond acceptors (Lipinski definition) is 2. The van der Waals surface area contributed by atoms with Crippen molar-refractivity contribution in [2.45, 2.75) is 20.3 Å². The smallest absolute Gasteiger partial charge is 0.0967 e. The Bertz CT molecular complexity index is 702. The van der Waals surface area contributed by atoms with Gasteiger partial charge in [0.15, 0.2) is 0 Å². The van der Waals surface area contributed by atoms with E-state index >= 15 is 0 Å². The van der Waals surface area contributed by atoms with Gasteiger partial charge < -0.3 is 0 Å². The van der Waals surface area contributed by atoms with Crippen molar-refractivity contribution < 1.29 is 0 Å². The zero-order chi connectivity index (χ0) is 12.5. The molecule has 0 aliphatic heterocycles. The lowest BCUT2D eigenvalue weighted by Crippen LogP contribution is -1.97. The third kappa shape index (κ3) is 1.94. The number of aromatic nitrogens is 2. The normalized spacial score (nSPS) is 11.5. The molecular weight excluding hydrogens is 220 g/mol. The predicted octanol–water partition coefficient (Wildman–Crippen LogP) is 3.98. The summed E-state index contributed by atoms with van der Waals surface area (Å²) < 4.78 is 0. The fourth-order valence-electron chi connectivity index (χ4n) is 2.30. The molecule has 2 aromatic heterocycles. The molecule has 0 atom stereocenters. The van der Waals surface area contributed by atoms with Crippen molar-refractivity contribution in [3.63, 3.8) is 0 Å². The van der Waals surface area contributed by atoms with Crippen LogP contribution in [-0.4, -0.2) is 9.97 Å². The van der Waals surface area contributed by atoms with E-state index in [0.29, 0.717) is 5.92 Å². The number of nitrogens with zero attached hydrogens (tertiary/aromatic N) is 2. The Kier molecular flexibility index (Phi) is 2.71. The van der Waals surface area contributed by atoms with Gasteiger partial charge in [-0.05, 0) is 24.5 Å². The van der Waals surface area contributed by atoms with E-state index in [9.17, 15) is 0 Å². The molecule has 0 fully saturated rings. The zero-order valence-corrected chi connectivity index (χ0v) is 10.7. The quantitative estimate of drug-likeness (QED) is 0.629. The Morgan fingerprint density at radius 2 is 1.67 bits per heavy atom. The minimum absolute atomic E-state index is 0.623. The second kappa shape index (κ2) is 4.37. The first-order valence-electron chi connectivity index (χ1n) is 6.37. The fraction of sp³-hybridized carbons (Fsp3) is 0.250. The summed E-state index contributed by atoms with van der Waals surface area (Å²) in [5.41, 5.74) is 3.17. The van der Waals surface area contributed by atoms with Crippen molar-refractivity contribution in [1.82, 2.24) is 9.97 Å². The molecule has 0 bridgehead atoms. The average Bonchev–Trinajstić information content (AvgIpc) is 2.38. The highest BCUT2D eigenvalue weighted by Crippen LogP contribution is 2.22. The first-order chi connectivity index (χ1) is 8.74. The van der Waals surface area contributed by atoms with Crippen LogP contribution in [0.3, 0.4) is 0 Å². The van der Waals surface area contributed by atoms with Gasteiger partial charge in [0.25, 0.3) is 0 Å². The van der Waals surface area contributed by atoms with Gasteiger partial charge in [0, 0.05) is 22.7 Å². The number of rotatable bonds is 2. The lowest BCUT2D eigenvalue weighted by Gasteiger charge is -2.07. The van der Waals surface area contributed by atoms with Crippen LogP contribution < -0.4 is 0 Å². The average molecular weight is 236 g/mol. The van der Waals surface area contributed by atoms with E-state index in [1.54, 1.807) is 0 Å². The summed E-state index contributed by atoms with van der Waals surface area (Å²) in [5, 5.41) is 2.31. The molecule has 0 saturated heterocycles. The van der Waals surface area contributed by atoms with Crippen LogP contribution in [0.4, 0.5) is 0 Å². The molecule has 0 radical (unpaired) electrons. The highest BCUT2D eigenvalue weighted by atomic mass is 14.7. The summed E-state index contributed by atoms with van der Waals surface area (Å²) in [4.78, 5) is 9.25. The van der Waals surface area contributed by atoms with Gasteiger partial charge >= 0.3 is 0 Å². The summed E-state index contributed by atoms with van der Waals surface area (Å²) in [5.74, 6) is 0.623. The van der Waals surface area contributed by atoms with Crippen molar-refractivity contribution in [2.75, 3.05) is 0 Å². The maximum atomic E-state index is 4.78. The molecule has 1 aromatic carbocycles. The van der Waals surface area contributed by atoms with Crippen LogP contribution in [0.5, 0.6) is 0 Å². The minimum atomic E-state index is 0.623. The Balaban J connectivity index is 2.26. The lowest BCUT2D eigenvalue weighted by molar-refractivity contribution is 0.637. The maximum absolute atomic E-state index is 4.78. The van der Waals surface area contributed by atoms with Crippen molar-refractivity contribution >= 4 is 21.8 Å². The van der Waals surface area contributed by atoms with E-state index in [0.717, 1.165) is 33.9 Å². The third-order valence-corrected chi connectivity index (χ3v) is 3.11. The number of benzene rings is 1. The molecule has 18 heavy (non-hydrogen) atoms. The summed E-state index contributed by atoms with van der Waals surface area (Å²) in [6.45, 7) is 4.43. The van der Waals surface area contributed by atoms with E-state index in [4.69, 9.17) is 4.98 Å². The molecular formula is C16H16N2. The number of pyridine rings is 2. The van der Waals surface area contributed by atoms with Crippen LogP contribution >= 0.6 is 0 Å². The largest absolute Gasteiger partial charge is 0.254 e. The van der Waals surface area contributed by atoms with Gasteiger partial charge in [-0.3, -0.25) is 9.97 Å². The Labute approximate surface area is 107 Å². The molecule has 90 valence electrons. The van der Waals surface area contributed by atoms with Crippen molar-refractivity contribution in [1.29, 1.82) is 0 Å². The predicted molar refractivity (Wildman–Crippen MR) is 75.6 cm³/mol. The molecule has 0 saturated carbocycles. The lowest BCUT2D eigenvalue weighted by atomic mass is 10.1. The zero-order valence-electron chi connectivity index (χ0n) is 10.7. The highest BCUT2D eigenvalue weighted by Gasteiger charge is 2.05. The molecule has 0 aliphatic rings. The van der Waals surface area contributed by atoms with Gasteiger partial charge in [0.2, 0.25) is 0 Å². The van der Waals surface area contributed by atoms with Gasteiger partial charge in [0.05, 0.1) is 11.0 Å². The molecule has 2 heterocycles. The van der Waals surface area contributed by atoms with Gasteiger partial charge in [-0.1, -0.05) is 38.1 Å². The first kappa shape index (κ1) is 11.1. The molecule has 0 unspecified atom stereocenters. The molecule has 3 aromatic rings. The van der Waals surface area contributed by atoms with Crippen LogP contribution in [0.15, 0.2) is 42.6 Å². The second-order valence-electron chi connectivity index (χ2n) is 5.11. The maximum Gasteiger partial charge on any atom is 0.0967 e. The topological polar surface area (TPSA) is 25.8 Å². The van der Waals surface area contributed by atoms with Gasteiger partial charge in [-0.2, -0.15) is 0 Å². The van der Waals surface area contributed by atoms with Crippen LogP contribution in [0.1, 0.15) is 19.5 Å². The Hall–Kier alpha value is -1.96. The molecule has 3 rings (SSSR count). The van der Waals surface area contributed by atoms with Gasteiger partial charge in [-0.25, -0.2) is 0 Å². The molecule has 0 N–H and O–H groups in total. The summed E-state index contributed by atoms with van der Waals surface area (Å²) in [7, 11) is 0.